The summed E-state index contributed by atoms with van der Waals surface area (Å²) in [5.74, 6) is -5.13. The van der Waals surface area contributed by atoms with Gasteiger partial charge in [0.2, 0.25) is 11.8 Å². The number of fused-ring (bicyclic) bond motifs is 1. The third-order valence-corrected chi connectivity index (χ3v) is 6.36. The van der Waals surface area contributed by atoms with E-state index < -0.39 is 41.9 Å². The lowest BCUT2D eigenvalue weighted by Crippen LogP contribution is -2.51. The minimum Gasteiger partial charge on any atom is -0.489 e. The third kappa shape index (κ3) is 8.30. The largest absolute Gasteiger partial charge is 0.490 e. The van der Waals surface area contributed by atoms with Crippen LogP contribution in [0.1, 0.15) is 17.7 Å². The number of ether oxygens (including phenoxy) is 1. The number of carboxylic acids is 1. The Morgan fingerprint density at radius 1 is 1.02 bits per heavy atom. The number of hydroxylamine groups is 1. The van der Waals surface area contributed by atoms with E-state index in [0.29, 0.717) is 18.0 Å². The van der Waals surface area contributed by atoms with Crippen molar-refractivity contribution in [2.24, 2.45) is 11.8 Å². The molecule has 5 N–H and O–H groups in total. The average Bonchev–Trinajstić information content (AvgIpc) is 2.95. The van der Waals surface area contributed by atoms with Gasteiger partial charge in [-0.1, -0.05) is 18.2 Å². The van der Waals surface area contributed by atoms with Crippen molar-refractivity contribution in [3.8, 4) is 5.75 Å². The van der Waals surface area contributed by atoms with E-state index in [1.54, 1.807) is 24.3 Å². The summed E-state index contributed by atoms with van der Waals surface area (Å²) in [7, 11) is 0. The topological polar surface area (TPSA) is 178 Å². The maximum absolute atomic E-state index is 12.9. The number of piperidine rings is 1. The fraction of sp³-hybridized carbons (Fsp3) is 0.296. The SMILES string of the molecule is Cc1cc(COc2ccc(NC(=O)[C@H]3CCN(C(=O)O)C[C@@H]3C(=O)NO)cc2)c2ccccc2n1.O=C(O)C(F)(F)F. The van der Waals surface area contributed by atoms with Gasteiger partial charge in [0.1, 0.15) is 12.4 Å². The van der Waals surface area contributed by atoms with Crippen LogP contribution >= 0.6 is 0 Å². The van der Waals surface area contributed by atoms with Crippen LogP contribution in [0.25, 0.3) is 10.9 Å². The Kier molecular flexibility index (Phi) is 10.3. The molecule has 2 aromatic carbocycles. The standard InChI is InChI=1S/C25H26N4O6.C2HF3O2/c1-15-12-16(19-4-2-3-5-22(19)26-15)14-35-18-8-6-17(7-9-18)27-23(30)20-10-11-29(25(32)33)13-21(20)24(31)28-34;3-2(4,5)1(6)7/h2-9,12,20-21,34H,10-11,13-14H2,1H3,(H,27,30)(H,28,31)(H,32,33);(H,6,7)/t20-,21-;/m0./s1. The van der Waals surface area contributed by atoms with Gasteiger partial charge in [0.05, 0.1) is 17.4 Å². The molecule has 0 aliphatic carbocycles. The molecule has 1 saturated heterocycles. The number of hydrogen-bond acceptors (Lipinski definition) is 7. The summed E-state index contributed by atoms with van der Waals surface area (Å²) in [4.78, 5) is 50.7. The summed E-state index contributed by atoms with van der Waals surface area (Å²) < 4.78 is 37.7. The maximum atomic E-state index is 12.9. The van der Waals surface area contributed by atoms with Gasteiger partial charge in [-0.25, -0.2) is 15.1 Å². The van der Waals surface area contributed by atoms with Gasteiger partial charge in [0, 0.05) is 35.4 Å². The van der Waals surface area contributed by atoms with Crippen molar-refractivity contribution in [1.82, 2.24) is 15.4 Å². The summed E-state index contributed by atoms with van der Waals surface area (Å²) in [6, 6.07) is 16.7. The lowest BCUT2D eigenvalue weighted by Gasteiger charge is -2.35. The first-order chi connectivity index (χ1) is 19.8. The number of anilines is 1. The van der Waals surface area contributed by atoms with E-state index in [9.17, 15) is 32.7 Å². The number of halogens is 3. The number of carbonyl (C=O) groups excluding carboxylic acids is 2. The smallest absolute Gasteiger partial charge is 0.489 e. The number of nitrogens with zero attached hydrogens (tertiary/aromatic N) is 2. The summed E-state index contributed by atoms with van der Waals surface area (Å²) >= 11 is 0. The maximum Gasteiger partial charge on any atom is 0.490 e. The number of rotatable bonds is 6. The number of likely N-dealkylation sites (tertiary alicyclic amines) is 1. The zero-order chi connectivity index (χ0) is 31.0. The Morgan fingerprint density at radius 2 is 1.67 bits per heavy atom. The first-order valence-electron chi connectivity index (χ1n) is 12.4. The highest BCUT2D eigenvalue weighted by atomic mass is 19.4. The fourth-order valence-corrected chi connectivity index (χ4v) is 4.33. The average molecular weight is 593 g/mol. The van der Waals surface area contributed by atoms with Gasteiger partial charge in [-0.2, -0.15) is 13.2 Å². The first kappa shape index (κ1) is 31.6. The highest BCUT2D eigenvalue weighted by Gasteiger charge is 2.40. The summed E-state index contributed by atoms with van der Waals surface area (Å²) in [6.45, 7) is 2.25. The van der Waals surface area contributed by atoms with E-state index in [2.05, 4.69) is 10.3 Å². The number of aryl methyl sites for hydroxylation is 1. The number of pyridine rings is 1. The van der Waals surface area contributed by atoms with Gasteiger partial charge in [0.15, 0.2) is 0 Å². The molecule has 3 aromatic rings. The molecule has 2 heterocycles. The number of alkyl halides is 3. The van der Waals surface area contributed by atoms with Crippen LogP contribution in [0.15, 0.2) is 54.6 Å². The van der Waals surface area contributed by atoms with E-state index >= 15 is 0 Å². The Morgan fingerprint density at radius 3 is 2.26 bits per heavy atom. The molecule has 0 unspecified atom stereocenters. The molecular formula is C27H27F3N4O8. The quantitative estimate of drug-likeness (QED) is 0.210. The van der Waals surface area contributed by atoms with Crippen LogP contribution < -0.4 is 15.5 Å². The highest BCUT2D eigenvalue weighted by molar-refractivity contribution is 5.96. The second-order valence-corrected chi connectivity index (χ2v) is 9.25. The minimum atomic E-state index is -5.08. The van der Waals surface area contributed by atoms with Crippen LogP contribution in [0.3, 0.4) is 0 Å². The normalized spacial score (nSPS) is 16.5. The van der Waals surface area contributed by atoms with Crippen LogP contribution in [0, 0.1) is 18.8 Å². The lowest BCUT2D eigenvalue weighted by atomic mass is 9.84. The predicted octanol–water partition coefficient (Wildman–Crippen LogP) is 3.82. The molecule has 1 aliphatic rings. The molecule has 4 rings (SSSR count). The van der Waals surface area contributed by atoms with Crippen molar-refractivity contribution in [2.75, 3.05) is 18.4 Å². The zero-order valence-electron chi connectivity index (χ0n) is 22.1. The Balaban J connectivity index is 0.000000616. The van der Waals surface area contributed by atoms with E-state index in [4.69, 9.17) is 19.8 Å². The number of aromatic nitrogens is 1. The van der Waals surface area contributed by atoms with Crippen LogP contribution in [0.4, 0.5) is 23.7 Å². The second kappa shape index (κ2) is 13.6. The Hall–Kier alpha value is -4.92. The van der Waals surface area contributed by atoms with Gasteiger partial charge in [0.25, 0.3) is 0 Å². The van der Waals surface area contributed by atoms with Crippen molar-refractivity contribution in [3.05, 3.63) is 65.9 Å². The molecule has 224 valence electrons. The molecular weight excluding hydrogens is 565 g/mol. The molecule has 0 saturated carbocycles. The molecule has 42 heavy (non-hydrogen) atoms. The van der Waals surface area contributed by atoms with E-state index in [1.165, 1.54) is 5.48 Å². The van der Waals surface area contributed by atoms with Crippen LogP contribution in [-0.2, 0) is 21.0 Å². The molecule has 0 spiro atoms. The van der Waals surface area contributed by atoms with Gasteiger partial charge >= 0.3 is 18.2 Å². The molecule has 2 atom stereocenters. The van der Waals surface area contributed by atoms with Crippen LogP contribution in [0.2, 0.25) is 0 Å². The number of para-hydroxylation sites is 1. The number of benzene rings is 2. The number of carboxylic acid groups (broad SMARTS) is 2. The molecule has 0 bridgehead atoms. The Bertz CT molecular complexity index is 1450. The molecule has 1 aliphatic heterocycles. The minimum absolute atomic E-state index is 0.124. The molecule has 15 heteroatoms. The molecule has 1 fully saturated rings. The summed E-state index contributed by atoms with van der Waals surface area (Å²) in [5.41, 5.74) is 4.88. The van der Waals surface area contributed by atoms with Gasteiger partial charge in [-0.05, 0) is 49.7 Å². The number of aliphatic carboxylic acids is 1. The van der Waals surface area contributed by atoms with Gasteiger partial charge in [-0.3, -0.25) is 19.8 Å². The monoisotopic (exact) mass is 592 g/mol. The van der Waals surface area contributed by atoms with Crippen molar-refractivity contribution >= 4 is 40.5 Å². The van der Waals surface area contributed by atoms with Crippen LogP contribution in [0.5, 0.6) is 5.75 Å². The van der Waals surface area contributed by atoms with E-state index in [-0.39, 0.29) is 19.5 Å². The first-order valence-corrected chi connectivity index (χ1v) is 12.4. The molecule has 3 amide bonds. The summed E-state index contributed by atoms with van der Waals surface area (Å²) in [5, 5.41) is 29.1. The van der Waals surface area contributed by atoms with Crippen molar-refractivity contribution in [2.45, 2.75) is 26.1 Å². The molecule has 12 nitrogen and oxygen atoms in total. The number of nitrogens with one attached hydrogen (secondary N) is 2. The number of hydrogen-bond donors (Lipinski definition) is 5. The van der Waals surface area contributed by atoms with Crippen LogP contribution in [-0.4, -0.2) is 68.4 Å². The fourth-order valence-electron chi connectivity index (χ4n) is 4.33. The van der Waals surface area contributed by atoms with Gasteiger partial charge in [-0.15, -0.1) is 0 Å². The van der Waals surface area contributed by atoms with Crippen molar-refractivity contribution < 1.29 is 52.5 Å². The summed E-state index contributed by atoms with van der Waals surface area (Å²) in [6.07, 6.45) is -6.10. The highest BCUT2D eigenvalue weighted by Crippen LogP contribution is 2.27. The van der Waals surface area contributed by atoms with E-state index in [0.717, 1.165) is 27.1 Å². The lowest BCUT2D eigenvalue weighted by molar-refractivity contribution is -0.192. The van der Waals surface area contributed by atoms with Crippen molar-refractivity contribution in [1.29, 1.82) is 0 Å². The molecule has 1 aromatic heterocycles. The third-order valence-electron chi connectivity index (χ3n) is 6.36. The number of carbonyl (C=O) groups is 4. The van der Waals surface area contributed by atoms with Gasteiger partial charge < -0.3 is 25.2 Å². The second-order valence-electron chi connectivity index (χ2n) is 9.25. The van der Waals surface area contributed by atoms with E-state index in [1.807, 2.05) is 37.3 Å². The zero-order valence-corrected chi connectivity index (χ0v) is 22.1. The Labute approximate surface area is 236 Å². The predicted molar refractivity (Wildman–Crippen MR) is 141 cm³/mol. The van der Waals surface area contributed by atoms with Crippen molar-refractivity contribution in [3.63, 3.8) is 0 Å². The number of amides is 3. The molecule has 0 radical (unpaired) electrons.